The number of imide groups is 3. The van der Waals surface area contributed by atoms with E-state index in [0.717, 1.165) is 14.7 Å². The SMILES string of the molecule is CC.CCC.CCC.O=C1C=CC(=O)N1c1ccccc1.O=C1C=CC(=O)N1c1ccccc1.O=C1C=CC(=O)N1c1ccccc1. The van der Waals surface area contributed by atoms with Crippen LogP contribution in [0, 0.1) is 0 Å². The highest BCUT2D eigenvalue weighted by Gasteiger charge is 2.26. The van der Waals surface area contributed by atoms with Gasteiger partial charge >= 0.3 is 0 Å². The van der Waals surface area contributed by atoms with E-state index in [-0.39, 0.29) is 35.4 Å². The fourth-order valence-electron chi connectivity index (χ4n) is 3.70. The molecule has 0 unspecified atom stereocenters. The Bertz CT molecular complexity index is 1310. The standard InChI is InChI=1S/3C10H7NO2.2C3H8.C2H6/c3*12-9-6-7-10(13)11(9)8-4-2-1-3-5-8;2*1-3-2;1-2/h3*1-7H;2*3H2,1-2H3;1-2H3. The van der Waals surface area contributed by atoms with E-state index in [1.807, 2.05) is 32.0 Å². The molecule has 0 atom stereocenters. The van der Waals surface area contributed by atoms with Gasteiger partial charge in [-0.25, -0.2) is 14.7 Å². The van der Waals surface area contributed by atoms with Crippen LogP contribution in [0.15, 0.2) is 127 Å². The van der Waals surface area contributed by atoms with Gasteiger partial charge in [0.15, 0.2) is 0 Å². The van der Waals surface area contributed by atoms with Gasteiger partial charge in [-0.2, -0.15) is 0 Å². The number of rotatable bonds is 3. The molecule has 9 nitrogen and oxygen atoms in total. The molecule has 3 aromatic carbocycles. The van der Waals surface area contributed by atoms with E-state index in [1.165, 1.54) is 49.3 Å². The molecule has 3 aliphatic heterocycles. The molecule has 6 rings (SSSR count). The lowest BCUT2D eigenvalue weighted by Gasteiger charge is -2.12. The quantitative estimate of drug-likeness (QED) is 0.281. The monoisotopic (exact) mass is 637 g/mol. The lowest BCUT2D eigenvalue weighted by Crippen LogP contribution is -2.29. The summed E-state index contributed by atoms with van der Waals surface area (Å²) in [7, 11) is 0. The van der Waals surface area contributed by atoms with Gasteiger partial charge in [-0.3, -0.25) is 28.8 Å². The Hall–Kier alpha value is -5.70. The first-order valence-electron chi connectivity index (χ1n) is 15.5. The molecule has 0 aliphatic carbocycles. The lowest BCUT2D eigenvalue weighted by molar-refractivity contribution is -0.121. The van der Waals surface area contributed by atoms with E-state index in [1.54, 1.807) is 72.8 Å². The van der Waals surface area contributed by atoms with E-state index in [9.17, 15) is 28.8 Å². The Balaban J connectivity index is 0.000000317. The lowest BCUT2D eigenvalue weighted by atomic mass is 10.3. The van der Waals surface area contributed by atoms with Gasteiger partial charge < -0.3 is 0 Å². The van der Waals surface area contributed by atoms with E-state index in [0.29, 0.717) is 17.1 Å². The van der Waals surface area contributed by atoms with Crippen LogP contribution in [0.25, 0.3) is 0 Å². The number of anilines is 3. The number of hydrogen-bond acceptors (Lipinski definition) is 6. The topological polar surface area (TPSA) is 112 Å². The van der Waals surface area contributed by atoms with Crippen molar-refractivity contribution < 1.29 is 28.8 Å². The average molecular weight is 638 g/mol. The summed E-state index contributed by atoms with van der Waals surface area (Å²) >= 11 is 0. The maximum absolute atomic E-state index is 11.2. The highest BCUT2D eigenvalue weighted by molar-refractivity contribution is 6.29. The van der Waals surface area contributed by atoms with Crippen molar-refractivity contribution in [3.63, 3.8) is 0 Å². The molecule has 246 valence electrons. The first kappa shape index (κ1) is 39.3. The number of benzene rings is 3. The number of nitrogens with zero attached hydrogens (tertiary/aromatic N) is 3. The first-order chi connectivity index (χ1) is 22.7. The van der Waals surface area contributed by atoms with Crippen molar-refractivity contribution in [3.8, 4) is 0 Å². The minimum atomic E-state index is -0.281. The molecule has 0 radical (unpaired) electrons. The summed E-state index contributed by atoms with van der Waals surface area (Å²) in [6.45, 7) is 12.5. The van der Waals surface area contributed by atoms with Crippen molar-refractivity contribution in [3.05, 3.63) is 127 Å². The Kier molecular flexibility index (Phi) is 18.3. The molecule has 3 heterocycles. The summed E-state index contributed by atoms with van der Waals surface area (Å²) in [5.41, 5.74) is 1.84. The smallest absolute Gasteiger partial charge is 0.258 e. The second-order valence-electron chi connectivity index (χ2n) is 9.46. The number of para-hydroxylation sites is 3. The Morgan fingerprint density at radius 3 is 0.638 bits per heavy atom. The maximum Gasteiger partial charge on any atom is 0.258 e. The average Bonchev–Trinajstić information content (AvgIpc) is 3.74. The zero-order valence-electron chi connectivity index (χ0n) is 27.8. The third-order valence-electron chi connectivity index (χ3n) is 5.47. The van der Waals surface area contributed by atoms with Gasteiger partial charge in [-0.05, 0) is 36.4 Å². The molecule has 0 fully saturated rings. The molecule has 0 N–H and O–H groups in total. The summed E-state index contributed by atoms with van der Waals surface area (Å²) in [6, 6.07) is 26.6. The van der Waals surface area contributed by atoms with Crippen molar-refractivity contribution in [2.24, 2.45) is 0 Å². The highest BCUT2D eigenvalue weighted by atomic mass is 16.2. The van der Waals surface area contributed by atoms with Gasteiger partial charge in [0.2, 0.25) is 0 Å². The number of amides is 6. The molecule has 0 spiro atoms. The second-order valence-corrected chi connectivity index (χ2v) is 9.46. The van der Waals surface area contributed by atoms with Crippen molar-refractivity contribution in [2.75, 3.05) is 14.7 Å². The molecule has 6 amide bonds. The zero-order chi connectivity index (χ0) is 35.2. The predicted molar refractivity (Wildman–Crippen MR) is 188 cm³/mol. The van der Waals surface area contributed by atoms with Crippen LogP contribution < -0.4 is 14.7 Å². The molecule has 0 aromatic heterocycles. The molecule has 0 bridgehead atoms. The summed E-state index contributed by atoms with van der Waals surface area (Å²) in [5.74, 6) is -1.69. The van der Waals surface area contributed by atoms with Crippen LogP contribution >= 0.6 is 0 Å². The molecular formula is C38H43N3O6. The number of carbonyl (C=O) groups excluding carboxylic acids is 6. The van der Waals surface area contributed by atoms with Gasteiger partial charge in [-0.1, -0.05) is 109 Å². The van der Waals surface area contributed by atoms with Gasteiger partial charge in [0.25, 0.3) is 35.4 Å². The number of carbonyl (C=O) groups is 6. The minimum absolute atomic E-state index is 0.281. The fraction of sp³-hybridized carbons (Fsp3) is 0.211. The van der Waals surface area contributed by atoms with Crippen LogP contribution in [0.2, 0.25) is 0 Å². The molecule has 0 saturated carbocycles. The van der Waals surface area contributed by atoms with Gasteiger partial charge in [0, 0.05) is 36.5 Å². The minimum Gasteiger partial charge on any atom is -0.269 e. The Morgan fingerprint density at radius 1 is 0.340 bits per heavy atom. The van der Waals surface area contributed by atoms with E-state index in [4.69, 9.17) is 0 Å². The summed E-state index contributed by atoms with van der Waals surface area (Å²) in [6.07, 6.45) is 10.1. The van der Waals surface area contributed by atoms with Crippen LogP contribution in [0.4, 0.5) is 17.1 Å². The van der Waals surface area contributed by atoms with Gasteiger partial charge in [0.1, 0.15) is 0 Å². The van der Waals surface area contributed by atoms with Crippen LogP contribution in [0.3, 0.4) is 0 Å². The van der Waals surface area contributed by atoms with Crippen LogP contribution in [-0.4, -0.2) is 35.4 Å². The van der Waals surface area contributed by atoms with E-state index in [2.05, 4.69) is 27.7 Å². The first-order valence-corrected chi connectivity index (χ1v) is 15.5. The Morgan fingerprint density at radius 2 is 0.489 bits per heavy atom. The molecule has 0 saturated heterocycles. The molecular weight excluding hydrogens is 594 g/mol. The molecule has 3 aromatic rings. The summed E-state index contributed by atoms with van der Waals surface area (Å²) in [4.78, 5) is 70.6. The summed E-state index contributed by atoms with van der Waals surface area (Å²) in [5, 5.41) is 0. The van der Waals surface area contributed by atoms with Crippen LogP contribution in [0.5, 0.6) is 0 Å². The highest BCUT2D eigenvalue weighted by Crippen LogP contribution is 2.19. The van der Waals surface area contributed by atoms with Crippen LogP contribution in [0.1, 0.15) is 54.4 Å². The molecule has 3 aliphatic rings. The normalized spacial score (nSPS) is 13.8. The van der Waals surface area contributed by atoms with Crippen molar-refractivity contribution in [1.29, 1.82) is 0 Å². The molecule has 9 heteroatoms. The predicted octanol–water partition coefficient (Wildman–Crippen LogP) is 7.21. The second kappa shape index (κ2) is 21.9. The van der Waals surface area contributed by atoms with Gasteiger partial charge in [-0.15, -0.1) is 0 Å². The van der Waals surface area contributed by atoms with Crippen molar-refractivity contribution in [2.45, 2.75) is 54.4 Å². The molecule has 47 heavy (non-hydrogen) atoms. The van der Waals surface area contributed by atoms with Crippen LogP contribution in [-0.2, 0) is 28.8 Å². The maximum atomic E-state index is 11.2. The number of hydrogen-bond donors (Lipinski definition) is 0. The zero-order valence-corrected chi connectivity index (χ0v) is 27.8. The van der Waals surface area contributed by atoms with Gasteiger partial charge in [0.05, 0.1) is 17.1 Å². The fourth-order valence-corrected chi connectivity index (χ4v) is 3.70. The van der Waals surface area contributed by atoms with E-state index < -0.39 is 0 Å². The van der Waals surface area contributed by atoms with E-state index >= 15 is 0 Å². The van der Waals surface area contributed by atoms with Crippen molar-refractivity contribution >= 4 is 52.5 Å². The Labute approximate surface area is 277 Å². The van der Waals surface area contributed by atoms with Crippen molar-refractivity contribution in [1.82, 2.24) is 0 Å². The largest absolute Gasteiger partial charge is 0.269 e. The summed E-state index contributed by atoms with van der Waals surface area (Å²) < 4.78 is 0. The third-order valence-corrected chi connectivity index (χ3v) is 5.47. The third kappa shape index (κ3) is 12.3.